The zero-order chi connectivity index (χ0) is 14.0. The number of halogens is 1. The Labute approximate surface area is 127 Å². The van der Waals surface area contributed by atoms with Gasteiger partial charge < -0.3 is 5.32 Å². The maximum absolute atomic E-state index is 4.77. The van der Waals surface area contributed by atoms with Crippen molar-refractivity contribution in [3.63, 3.8) is 0 Å². The van der Waals surface area contributed by atoms with Gasteiger partial charge >= 0.3 is 0 Å². The number of nitrogens with zero attached hydrogens (tertiary/aromatic N) is 1. The average Bonchev–Trinajstić information content (AvgIpc) is 2.80. The van der Waals surface area contributed by atoms with Gasteiger partial charge in [0.25, 0.3) is 0 Å². The van der Waals surface area contributed by atoms with Crippen molar-refractivity contribution >= 4 is 27.3 Å². The molecule has 0 bridgehead atoms. The molecule has 0 amide bonds. The number of thiazole rings is 1. The monoisotopic (exact) mass is 338 g/mol. The van der Waals surface area contributed by atoms with Crippen molar-refractivity contribution < 1.29 is 0 Å². The standard InChI is InChI=1S/C15H19BrN2S/c1-10-5-6-11(16)7-12(10)13-9-19-14(18-13)8-15(2,3)17-4/h5-7,9,17H,8H2,1-4H3. The number of likely N-dealkylation sites (N-methyl/N-ethyl adjacent to an activating group) is 1. The minimum absolute atomic E-state index is 0.0848. The maximum atomic E-state index is 4.77. The molecule has 0 unspecified atom stereocenters. The highest BCUT2D eigenvalue weighted by Gasteiger charge is 2.18. The molecule has 102 valence electrons. The highest BCUT2D eigenvalue weighted by Crippen LogP contribution is 2.29. The van der Waals surface area contributed by atoms with Gasteiger partial charge in [0, 0.05) is 27.4 Å². The summed E-state index contributed by atoms with van der Waals surface area (Å²) in [7, 11) is 1.99. The number of hydrogen-bond acceptors (Lipinski definition) is 3. The van der Waals surface area contributed by atoms with Crippen LogP contribution in [0.1, 0.15) is 24.4 Å². The van der Waals surface area contributed by atoms with Gasteiger partial charge in [-0.05, 0) is 45.5 Å². The van der Waals surface area contributed by atoms with Crippen LogP contribution >= 0.6 is 27.3 Å². The minimum atomic E-state index is 0.0848. The van der Waals surface area contributed by atoms with Gasteiger partial charge in [0.15, 0.2) is 0 Å². The second kappa shape index (κ2) is 5.73. The molecule has 1 aromatic carbocycles. The van der Waals surface area contributed by atoms with E-state index in [0.717, 1.165) is 16.6 Å². The highest BCUT2D eigenvalue weighted by atomic mass is 79.9. The average molecular weight is 339 g/mol. The van der Waals surface area contributed by atoms with Crippen molar-refractivity contribution in [1.29, 1.82) is 0 Å². The van der Waals surface area contributed by atoms with Gasteiger partial charge in [-0.25, -0.2) is 4.98 Å². The Bertz CT molecular complexity index is 575. The van der Waals surface area contributed by atoms with E-state index in [2.05, 4.69) is 65.6 Å². The first-order chi connectivity index (χ1) is 8.91. The fourth-order valence-corrected chi connectivity index (χ4v) is 3.24. The number of rotatable bonds is 4. The van der Waals surface area contributed by atoms with Crippen molar-refractivity contribution in [2.45, 2.75) is 32.7 Å². The first kappa shape index (κ1) is 14.7. The smallest absolute Gasteiger partial charge is 0.0950 e. The van der Waals surface area contributed by atoms with E-state index >= 15 is 0 Å². The van der Waals surface area contributed by atoms with Crippen molar-refractivity contribution in [3.8, 4) is 11.3 Å². The second-order valence-corrected chi connectivity index (χ2v) is 7.25. The molecule has 4 heteroatoms. The molecule has 0 saturated carbocycles. The summed E-state index contributed by atoms with van der Waals surface area (Å²) in [6.07, 6.45) is 0.946. The van der Waals surface area contributed by atoms with Crippen LogP contribution in [-0.2, 0) is 6.42 Å². The number of nitrogens with one attached hydrogen (secondary N) is 1. The van der Waals surface area contributed by atoms with Crippen LogP contribution in [0.4, 0.5) is 0 Å². The van der Waals surface area contributed by atoms with Gasteiger partial charge in [-0.2, -0.15) is 0 Å². The topological polar surface area (TPSA) is 24.9 Å². The summed E-state index contributed by atoms with van der Waals surface area (Å²) in [5.41, 5.74) is 3.62. The SMILES string of the molecule is CNC(C)(C)Cc1nc(-c2cc(Br)ccc2C)cs1. The molecule has 1 N–H and O–H groups in total. The predicted octanol–water partition coefficient (Wildman–Crippen LogP) is 4.42. The molecule has 1 aromatic heterocycles. The molecule has 1 heterocycles. The molecule has 2 nitrogen and oxygen atoms in total. The molecule has 2 rings (SSSR count). The second-order valence-electron chi connectivity index (χ2n) is 5.40. The van der Waals surface area contributed by atoms with Crippen LogP contribution in [0.5, 0.6) is 0 Å². The lowest BCUT2D eigenvalue weighted by atomic mass is 10.0. The largest absolute Gasteiger partial charge is 0.314 e. The van der Waals surface area contributed by atoms with Gasteiger partial charge in [0.05, 0.1) is 10.7 Å². The van der Waals surface area contributed by atoms with E-state index in [-0.39, 0.29) is 5.54 Å². The lowest BCUT2D eigenvalue weighted by Gasteiger charge is -2.22. The quantitative estimate of drug-likeness (QED) is 0.892. The molecule has 0 spiro atoms. The van der Waals surface area contributed by atoms with Crippen LogP contribution < -0.4 is 5.32 Å². The Morgan fingerprint density at radius 2 is 2.11 bits per heavy atom. The Morgan fingerprint density at radius 1 is 1.37 bits per heavy atom. The number of aromatic nitrogens is 1. The summed E-state index contributed by atoms with van der Waals surface area (Å²) >= 11 is 5.26. The van der Waals surface area contributed by atoms with Crippen LogP contribution in [0.2, 0.25) is 0 Å². The maximum Gasteiger partial charge on any atom is 0.0950 e. The van der Waals surface area contributed by atoms with E-state index < -0.39 is 0 Å². The Balaban J connectivity index is 2.28. The van der Waals surface area contributed by atoms with Crippen LogP contribution in [0.15, 0.2) is 28.1 Å². The van der Waals surface area contributed by atoms with Gasteiger partial charge in [0.1, 0.15) is 0 Å². The van der Waals surface area contributed by atoms with Crippen LogP contribution in [-0.4, -0.2) is 17.6 Å². The summed E-state index contributed by atoms with van der Waals surface area (Å²) in [6, 6.07) is 6.32. The summed E-state index contributed by atoms with van der Waals surface area (Å²) in [5, 5.41) is 6.64. The van der Waals surface area contributed by atoms with E-state index in [1.165, 1.54) is 16.1 Å². The van der Waals surface area contributed by atoms with E-state index in [1.807, 2.05) is 7.05 Å². The molecule has 0 aliphatic heterocycles. The van der Waals surface area contributed by atoms with Gasteiger partial charge in [-0.1, -0.05) is 22.0 Å². The summed E-state index contributed by atoms with van der Waals surface area (Å²) in [5.74, 6) is 0. The van der Waals surface area contributed by atoms with Crippen molar-refractivity contribution in [1.82, 2.24) is 10.3 Å². The molecular weight excluding hydrogens is 320 g/mol. The predicted molar refractivity (Wildman–Crippen MR) is 86.8 cm³/mol. The van der Waals surface area contributed by atoms with Crippen LogP contribution in [0.3, 0.4) is 0 Å². The molecule has 0 fully saturated rings. The van der Waals surface area contributed by atoms with E-state index in [9.17, 15) is 0 Å². The van der Waals surface area contributed by atoms with Crippen molar-refractivity contribution in [2.24, 2.45) is 0 Å². The third kappa shape index (κ3) is 3.65. The summed E-state index contributed by atoms with van der Waals surface area (Å²) in [4.78, 5) is 4.77. The minimum Gasteiger partial charge on any atom is -0.314 e. The van der Waals surface area contributed by atoms with Crippen molar-refractivity contribution in [2.75, 3.05) is 7.05 Å². The normalized spacial score (nSPS) is 11.8. The first-order valence-corrected chi connectivity index (χ1v) is 7.98. The number of hydrogen-bond donors (Lipinski definition) is 1. The molecule has 0 aliphatic carbocycles. The van der Waals surface area contributed by atoms with Crippen LogP contribution in [0.25, 0.3) is 11.3 Å². The molecule has 0 saturated heterocycles. The third-order valence-corrected chi connectivity index (χ3v) is 4.64. The molecular formula is C15H19BrN2S. The van der Waals surface area contributed by atoms with Gasteiger partial charge in [-0.3, -0.25) is 0 Å². The zero-order valence-electron chi connectivity index (χ0n) is 11.7. The fraction of sp³-hybridized carbons (Fsp3) is 0.400. The lowest BCUT2D eigenvalue weighted by Crippen LogP contribution is -2.38. The van der Waals surface area contributed by atoms with Crippen LogP contribution in [0, 0.1) is 6.92 Å². The fourth-order valence-electron chi connectivity index (χ4n) is 1.85. The summed E-state index contributed by atoms with van der Waals surface area (Å²) < 4.78 is 1.10. The Kier molecular flexibility index (Phi) is 4.43. The Hall–Kier alpha value is -0.710. The van der Waals surface area contributed by atoms with Crippen molar-refractivity contribution in [3.05, 3.63) is 38.6 Å². The summed E-state index contributed by atoms with van der Waals surface area (Å²) in [6.45, 7) is 6.51. The zero-order valence-corrected chi connectivity index (χ0v) is 14.2. The molecule has 0 atom stereocenters. The Morgan fingerprint density at radius 3 is 2.79 bits per heavy atom. The molecule has 0 aliphatic rings. The third-order valence-electron chi connectivity index (χ3n) is 3.30. The van der Waals surface area contributed by atoms with E-state index in [4.69, 9.17) is 4.98 Å². The highest BCUT2D eigenvalue weighted by molar-refractivity contribution is 9.10. The molecule has 0 radical (unpaired) electrons. The first-order valence-electron chi connectivity index (χ1n) is 6.31. The molecule has 2 aromatic rings. The van der Waals surface area contributed by atoms with E-state index in [0.29, 0.717) is 0 Å². The molecule has 19 heavy (non-hydrogen) atoms. The number of aryl methyl sites for hydroxylation is 1. The lowest BCUT2D eigenvalue weighted by molar-refractivity contribution is 0.421. The van der Waals surface area contributed by atoms with E-state index in [1.54, 1.807) is 11.3 Å². The van der Waals surface area contributed by atoms with Gasteiger partial charge in [-0.15, -0.1) is 11.3 Å². The van der Waals surface area contributed by atoms with Gasteiger partial charge in [0.2, 0.25) is 0 Å². The number of benzene rings is 1.